The van der Waals surface area contributed by atoms with E-state index in [4.69, 9.17) is 28.3 Å². The van der Waals surface area contributed by atoms with Crippen molar-refractivity contribution >= 4 is 35.0 Å². The molecule has 11 heteroatoms. The number of fused-ring (bicyclic) bond motifs is 3. The van der Waals surface area contributed by atoms with Crippen molar-refractivity contribution in [1.82, 2.24) is 29.5 Å². The summed E-state index contributed by atoms with van der Waals surface area (Å²) in [5.41, 5.74) is 3.12. The van der Waals surface area contributed by atoms with Crippen molar-refractivity contribution in [2.75, 3.05) is 6.54 Å². The van der Waals surface area contributed by atoms with Crippen LogP contribution in [0.2, 0.25) is 10.0 Å². The van der Waals surface area contributed by atoms with Crippen LogP contribution in [0.3, 0.4) is 0 Å². The SMILES string of the molecule is CC(c1cnc(O)cn1)N1C[C@@H](C)n2nc3c(c2C1=O)CN(C(=O)c1ccc(Cl)c(Cl)c1)[C@H](C)C3. The van der Waals surface area contributed by atoms with Gasteiger partial charge in [0.05, 0.1) is 52.5 Å². The molecule has 182 valence electrons. The molecule has 4 heterocycles. The number of amides is 2. The number of hydrogen-bond donors (Lipinski definition) is 1. The van der Waals surface area contributed by atoms with E-state index in [1.165, 1.54) is 12.4 Å². The van der Waals surface area contributed by atoms with Gasteiger partial charge < -0.3 is 14.9 Å². The molecule has 5 rings (SSSR count). The molecule has 0 spiro atoms. The number of hydrogen-bond acceptors (Lipinski definition) is 6. The first-order valence-electron chi connectivity index (χ1n) is 11.3. The number of carbonyl (C=O) groups is 2. The van der Waals surface area contributed by atoms with Crippen LogP contribution in [0.15, 0.2) is 30.6 Å². The molecule has 0 aliphatic carbocycles. The van der Waals surface area contributed by atoms with Crippen LogP contribution in [0.25, 0.3) is 0 Å². The Morgan fingerprint density at radius 1 is 1.14 bits per heavy atom. The lowest BCUT2D eigenvalue weighted by Crippen LogP contribution is -2.45. The Morgan fingerprint density at radius 3 is 2.60 bits per heavy atom. The molecule has 2 aromatic heterocycles. The van der Waals surface area contributed by atoms with Crippen molar-refractivity contribution in [2.24, 2.45) is 0 Å². The minimum Gasteiger partial charge on any atom is -0.492 e. The van der Waals surface area contributed by atoms with E-state index in [0.29, 0.717) is 40.0 Å². The van der Waals surface area contributed by atoms with Crippen LogP contribution >= 0.6 is 23.2 Å². The van der Waals surface area contributed by atoms with Crippen molar-refractivity contribution in [3.8, 4) is 5.88 Å². The minimum atomic E-state index is -0.353. The third kappa shape index (κ3) is 4.02. The Bertz CT molecular complexity index is 1330. The quantitative estimate of drug-likeness (QED) is 0.565. The first kappa shape index (κ1) is 23.6. The Morgan fingerprint density at radius 2 is 1.91 bits per heavy atom. The fraction of sp³-hybridized carbons (Fsp3) is 0.375. The fourth-order valence-electron chi connectivity index (χ4n) is 4.80. The number of halogens is 2. The molecule has 0 fully saturated rings. The van der Waals surface area contributed by atoms with Gasteiger partial charge in [0, 0.05) is 30.1 Å². The summed E-state index contributed by atoms with van der Waals surface area (Å²) >= 11 is 12.2. The monoisotopic (exact) mass is 514 g/mol. The summed E-state index contributed by atoms with van der Waals surface area (Å²) < 4.78 is 1.79. The van der Waals surface area contributed by atoms with Crippen molar-refractivity contribution in [2.45, 2.75) is 51.9 Å². The summed E-state index contributed by atoms with van der Waals surface area (Å²) in [6.07, 6.45) is 3.28. The minimum absolute atomic E-state index is 0.0599. The van der Waals surface area contributed by atoms with Crippen LogP contribution < -0.4 is 0 Å². The Hall–Kier alpha value is -3.17. The maximum atomic E-state index is 13.7. The van der Waals surface area contributed by atoms with Gasteiger partial charge in [-0.15, -0.1) is 0 Å². The van der Waals surface area contributed by atoms with Gasteiger partial charge in [-0.25, -0.2) is 4.98 Å². The van der Waals surface area contributed by atoms with Crippen molar-refractivity contribution in [3.63, 3.8) is 0 Å². The van der Waals surface area contributed by atoms with E-state index in [1.54, 1.807) is 32.7 Å². The predicted molar refractivity (Wildman–Crippen MR) is 130 cm³/mol. The van der Waals surface area contributed by atoms with E-state index in [9.17, 15) is 14.7 Å². The van der Waals surface area contributed by atoms with Gasteiger partial charge >= 0.3 is 0 Å². The van der Waals surface area contributed by atoms with Crippen LogP contribution in [0.4, 0.5) is 0 Å². The molecule has 0 radical (unpaired) electrons. The van der Waals surface area contributed by atoms with Crippen LogP contribution in [0.5, 0.6) is 5.88 Å². The molecule has 9 nitrogen and oxygen atoms in total. The molecule has 0 saturated carbocycles. The molecule has 3 aromatic rings. The highest BCUT2D eigenvalue weighted by Crippen LogP contribution is 2.35. The van der Waals surface area contributed by atoms with Crippen LogP contribution in [0, 0.1) is 0 Å². The van der Waals surface area contributed by atoms with E-state index in [2.05, 4.69) is 9.97 Å². The van der Waals surface area contributed by atoms with Crippen molar-refractivity contribution in [1.29, 1.82) is 0 Å². The lowest BCUT2D eigenvalue weighted by molar-refractivity contribution is 0.0570. The van der Waals surface area contributed by atoms with E-state index in [-0.39, 0.29) is 42.4 Å². The van der Waals surface area contributed by atoms with Gasteiger partial charge in [-0.3, -0.25) is 19.3 Å². The van der Waals surface area contributed by atoms with E-state index >= 15 is 0 Å². The molecular weight excluding hydrogens is 491 g/mol. The summed E-state index contributed by atoms with van der Waals surface area (Å²) in [6, 6.07) is 4.31. The lowest BCUT2D eigenvalue weighted by atomic mass is 9.97. The van der Waals surface area contributed by atoms with Gasteiger partial charge in [-0.1, -0.05) is 23.2 Å². The zero-order valence-corrected chi connectivity index (χ0v) is 21.0. The smallest absolute Gasteiger partial charge is 0.273 e. The van der Waals surface area contributed by atoms with E-state index in [0.717, 1.165) is 11.3 Å². The highest BCUT2D eigenvalue weighted by molar-refractivity contribution is 6.42. The topological polar surface area (TPSA) is 104 Å². The predicted octanol–water partition coefficient (Wildman–Crippen LogP) is 4.05. The third-order valence-electron chi connectivity index (χ3n) is 6.76. The first-order valence-corrected chi connectivity index (χ1v) is 12.1. The van der Waals surface area contributed by atoms with Crippen LogP contribution in [-0.2, 0) is 13.0 Å². The zero-order valence-electron chi connectivity index (χ0n) is 19.4. The normalized spacial score (nSPS) is 20.4. The van der Waals surface area contributed by atoms with Gasteiger partial charge in [-0.2, -0.15) is 5.10 Å². The van der Waals surface area contributed by atoms with Crippen molar-refractivity contribution < 1.29 is 14.7 Å². The van der Waals surface area contributed by atoms with Crippen LogP contribution in [-0.4, -0.2) is 59.1 Å². The number of carbonyl (C=O) groups excluding carboxylic acids is 2. The van der Waals surface area contributed by atoms with Gasteiger partial charge in [0.15, 0.2) is 0 Å². The first-order chi connectivity index (χ1) is 16.7. The van der Waals surface area contributed by atoms with Crippen LogP contribution in [0.1, 0.15) is 70.7 Å². The second kappa shape index (κ2) is 8.80. The Kier molecular flexibility index (Phi) is 5.93. The highest BCUT2D eigenvalue weighted by Gasteiger charge is 2.40. The summed E-state index contributed by atoms with van der Waals surface area (Å²) in [5, 5.41) is 14.9. The van der Waals surface area contributed by atoms with Crippen molar-refractivity contribution in [3.05, 3.63) is 68.8 Å². The Balaban J connectivity index is 1.48. The summed E-state index contributed by atoms with van der Waals surface area (Å²) in [6.45, 7) is 6.59. The van der Waals surface area contributed by atoms with E-state index in [1.807, 2.05) is 20.8 Å². The number of aromatic hydroxyl groups is 1. The molecule has 0 saturated heterocycles. The Labute approximate surface area is 212 Å². The second-order valence-electron chi connectivity index (χ2n) is 9.12. The molecule has 2 aliphatic heterocycles. The highest BCUT2D eigenvalue weighted by atomic mass is 35.5. The maximum Gasteiger partial charge on any atom is 0.273 e. The standard InChI is InChI=1S/C24H24Cl2N6O3/c1-12-6-19-16(11-30(12)23(34)15-4-5-17(25)18(26)7-15)22-24(35)31(10-13(2)32(22)29-19)14(3)20-8-28-21(33)9-27-20/h4-5,7-9,12-14H,6,10-11H2,1-3H3,(H,28,33)/t12-,13-,14?/m1/s1. The number of benzene rings is 1. The summed E-state index contributed by atoms with van der Waals surface area (Å²) in [5.74, 6) is -0.523. The fourth-order valence-corrected chi connectivity index (χ4v) is 5.09. The molecule has 1 unspecified atom stereocenters. The summed E-state index contributed by atoms with van der Waals surface area (Å²) in [7, 11) is 0. The molecule has 3 atom stereocenters. The molecule has 2 aliphatic rings. The molecule has 2 amide bonds. The molecular formula is C24H24Cl2N6O3. The second-order valence-corrected chi connectivity index (χ2v) is 9.93. The number of aromatic nitrogens is 4. The third-order valence-corrected chi connectivity index (χ3v) is 7.50. The number of nitrogens with zero attached hydrogens (tertiary/aromatic N) is 6. The zero-order chi connectivity index (χ0) is 25.0. The summed E-state index contributed by atoms with van der Waals surface area (Å²) in [4.78, 5) is 38.7. The molecule has 1 N–H and O–H groups in total. The lowest BCUT2D eigenvalue weighted by Gasteiger charge is -2.37. The molecule has 0 bridgehead atoms. The van der Waals surface area contributed by atoms with Gasteiger partial charge in [0.1, 0.15) is 5.69 Å². The maximum absolute atomic E-state index is 13.7. The van der Waals surface area contributed by atoms with Gasteiger partial charge in [0.2, 0.25) is 5.88 Å². The molecule has 35 heavy (non-hydrogen) atoms. The van der Waals surface area contributed by atoms with E-state index < -0.39 is 0 Å². The van der Waals surface area contributed by atoms with Gasteiger partial charge in [0.25, 0.3) is 11.8 Å². The number of rotatable bonds is 3. The van der Waals surface area contributed by atoms with Gasteiger partial charge in [-0.05, 0) is 39.0 Å². The molecule has 1 aromatic carbocycles. The average Bonchev–Trinajstić information content (AvgIpc) is 3.21. The average molecular weight is 515 g/mol. The largest absolute Gasteiger partial charge is 0.492 e.